The zero-order valence-electron chi connectivity index (χ0n) is 9.29. The molecule has 0 spiro atoms. The molecule has 0 amide bonds. The van der Waals surface area contributed by atoms with Crippen molar-refractivity contribution >= 4 is 5.78 Å². The van der Waals surface area contributed by atoms with Crippen molar-refractivity contribution in [2.75, 3.05) is 13.1 Å². The third-order valence-corrected chi connectivity index (χ3v) is 3.01. The molecule has 0 saturated carbocycles. The summed E-state index contributed by atoms with van der Waals surface area (Å²) in [5.41, 5.74) is 2.14. The van der Waals surface area contributed by atoms with Crippen molar-refractivity contribution in [1.82, 2.24) is 5.32 Å². The maximum Gasteiger partial charge on any atom is 0.168 e. The Balaban J connectivity index is 2.12. The van der Waals surface area contributed by atoms with Crippen molar-refractivity contribution in [3.63, 3.8) is 0 Å². The number of carbonyl (C=O) groups is 1. The first-order valence-electron chi connectivity index (χ1n) is 5.53. The van der Waals surface area contributed by atoms with Gasteiger partial charge >= 0.3 is 0 Å². The second-order valence-corrected chi connectivity index (χ2v) is 4.50. The highest BCUT2D eigenvalue weighted by molar-refractivity contribution is 5.98. The van der Waals surface area contributed by atoms with E-state index in [0.29, 0.717) is 5.92 Å². The summed E-state index contributed by atoms with van der Waals surface area (Å²) in [7, 11) is 0. The van der Waals surface area contributed by atoms with Gasteiger partial charge in [0.05, 0.1) is 0 Å². The topological polar surface area (TPSA) is 29.1 Å². The van der Waals surface area contributed by atoms with Gasteiger partial charge in [0.2, 0.25) is 0 Å². The standard InChI is InChI=1S/C13H17NO/c1-9(2)10-3-5-11(6-4-10)13(15)12-7-14-8-12/h3-6,9,12,14H,7-8H2,1-2H3. The fourth-order valence-corrected chi connectivity index (χ4v) is 1.74. The van der Waals surface area contributed by atoms with Crippen LogP contribution in [0.4, 0.5) is 0 Å². The lowest BCUT2D eigenvalue weighted by molar-refractivity contribution is 0.0878. The van der Waals surface area contributed by atoms with Crippen LogP contribution in [-0.4, -0.2) is 18.9 Å². The molecule has 2 nitrogen and oxygen atoms in total. The van der Waals surface area contributed by atoms with Gasteiger partial charge in [0, 0.05) is 24.6 Å². The van der Waals surface area contributed by atoms with Crippen molar-refractivity contribution in [3.8, 4) is 0 Å². The monoisotopic (exact) mass is 203 g/mol. The van der Waals surface area contributed by atoms with E-state index in [9.17, 15) is 4.79 Å². The van der Waals surface area contributed by atoms with Gasteiger partial charge in [-0.25, -0.2) is 0 Å². The van der Waals surface area contributed by atoms with E-state index in [0.717, 1.165) is 18.7 Å². The van der Waals surface area contributed by atoms with Gasteiger partial charge in [0.1, 0.15) is 0 Å². The molecule has 1 aliphatic rings. The first-order chi connectivity index (χ1) is 7.18. The zero-order chi connectivity index (χ0) is 10.8. The minimum atomic E-state index is 0.204. The summed E-state index contributed by atoms with van der Waals surface area (Å²) in [6, 6.07) is 8.03. The zero-order valence-corrected chi connectivity index (χ0v) is 9.29. The molecular formula is C13H17NO. The summed E-state index contributed by atoms with van der Waals surface area (Å²) < 4.78 is 0. The van der Waals surface area contributed by atoms with E-state index < -0.39 is 0 Å². The Kier molecular flexibility index (Phi) is 2.87. The predicted octanol–water partition coefficient (Wildman–Crippen LogP) is 2.21. The summed E-state index contributed by atoms with van der Waals surface area (Å²) in [6.45, 7) is 5.99. The number of carbonyl (C=O) groups excluding carboxylic acids is 1. The van der Waals surface area contributed by atoms with Crippen LogP contribution in [0.2, 0.25) is 0 Å². The summed E-state index contributed by atoms with van der Waals surface area (Å²) in [4.78, 5) is 11.9. The number of Topliss-reactive ketones (excluding diaryl/α,β-unsaturated/α-hetero) is 1. The van der Waals surface area contributed by atoms with Crippen molar-refractivity contribution in [1.29, 1.82) is 0 Å². The highest BCUT2D eigenvalue weighted by Gasteiger charge is 2.25. The van der Waals surface area contributed by atoms with Gasteiger partial charge in [0.15, 0.2) is 5.78 Å². The Bertz CT molecular complexity index is 349. The fraction of sp³-hybridized carbons (Fsp3) is 0.462. The SMILES string of the molecule is CC(C)c1ccc(C(=O)C2CNC2)cc1. The molecule has 1 N–H and O–H groups in total. The Hall–Kier alpha value is -1.15. The highest BCUT2D eigenvalue weighted by atomic mass is 16.1. The van der Waals surface area contributed by atoms with Crippen molar-refractivity contribution in [2.24, 2.45) is 5.92 Å². The van der Waals surface area contributed by atoms with Crippen LogP contribution < -0.4 is 5.32 Å². The molecule has 1 saturated heterocycles. The van der Waals surface area contributed by atoms with Gasteiger partial charge in [-0.05, 0) is 11.5 Å². The van der Waals surface area contributed by atoms with Gasteiger partial charge in [-0.3, -0.25) is 4.79 Å². The molecule has 1 fully saturated rings. The van der Waals surface area contributed by atoms with E-state index >= 15 is 0 Å². The summed E-state index contributed by atoms with van der Waals surface area (Å²) >= 11 is 0. The lowest BCUT2D eigenvalue weighted by Crippen LogP contribution is -2.46. The lowest BCUT2D eigenvalue weighted by Gasteiger charge is -2.25. The largest absolute Gasteiger partial charge is 0.315 e. The van der Waals surface area contributed by atoms with Crippen LogP contribution in [0.3, 0.4) is 0 Å². The summed E-state index contributed by atoms with van der Waals surface area (Å²) in [5.74, 6) is 1.01. The molecule has 15 heavy (non-hydrogen) atoms. The Morgan fingerprint density at radius 2 is 1.87 bits per heavy atom. The smallest absolute Gasteiger partial charge is 0.168 e. The number of hydrogen-bond donors (Lipinski definition) is 1. The van der Waals surface area contributed by atoms with E-state index in [1.807, 2.05) is 12.1 Å². The molecule has 0 aromatic heterocycles. The van der Waals surface area contributed by atoms with E-state index in [-0.39, 0.29) is 11.7 Å². The Morgan fingerprint density at radius 1 is 1.27 bits per heavy atom. The Morgan fingerprint density at radius 3 is 2.27 bits per heavy atom. The number of benzene rings is 1. The lowest BCUT2D eigenvalue weighted by atomic mass is 9.91. The average molecular weight is 203 g/mol. The van der Waals surface area contributed by atoms with Gasteiger partial charge in [-0.15, -0.1) is 0 Å². The maximum absolute atomic E-state index is 11.9. The first kappa shape index (κ1) is 10.4. The molecule has 1 aliphatic heterocycles. The summed E-state index contributed by atoms with van der Waals surface area (Å²) in [6.07, 6.45) is 0. The molecule has 2 heteroatoms. The fourth-order valence-electron chi connectivity index (χ4n) is 1.74. The highest BCUT2D eigenvalue weighted by Crippen LogP contribution is 2.17. The molecule has 1 aromatic rings. The molecule has 1 heterocycles. The van der Waals surface area contributed by atoms with Crippen molar-refractivity contribution in [3.05, 3.63) is 35.4 Å². The third-order valence-electron chi connectivity index (χ3n) is 3.01. The number of hydrogen-bond acceptors (Lipinski definition) is 2. The normalized spacial score (nSPS) is 16.5. The Labute approximate surface area is 90.7 Å². The molecular weight excluding hydrogens is 186 g/mol. The second kappa shape index (κ2) is 4.15. The predicted molar refractivity (Wildman–Crippen MR) is 61.2 cm³/mol. The van der Waals surface area contributed by atoms with Crippen LogP contribution in [0, 0.1) is 5.92 Å². The molecule has 0 radical (unpaired) electrons. The van der Waals surface area contributed by atoms with Gasteiger partial charge in [-0.1, -0.05) is 38.1 Å². The number of rotatable bonds is 3. The van der Waals surface area contributed by atoms with Crippen molar-refractivity contribution in [2.45, 2.75) is 19.8 Å². The van der Waals surface area contributed by atoms with E-state index in [1.54, 1.807) is 0 Å². The third kappa shape index (κ3) is 2.10. The second-order valence-electron chi connectivity index (χ2n) is 4.50. The van der Waals surface area contributed by atoms with Crippen LogP contribution in [-0.2, 0) is 0 Å². The van der Waals surface area contributed by atoms with Crippen LogP contribution in [0.25, 0.3) is 0 Å². The maximum atomic E-state index is 11.9. The molecule has 0 aliphatic carbocycles. The molecule has 80 valence electrons. The van der Waals surface area contributed by atoms with Gasteiger partial charge in [-0.2, -0.15) is 0 Å². The van der Waals surface area contributed by atoms with E-state index in [2.05, 4.69) is 31.3 Å². The molecule has 1 aromatic carbocycles. The average Bonchev–Trinajstić information content (AvgIpc) is 2.15. The molecule has 0 bridgehead atoms. The first-order valence-corrected chi connectivity index (χ1v) is 5.53. The summed E-state index contributed by atoms with van der Waals surface area (Å²) in [5, 5.41) is 3.12. The quantitative estimate of drug-likeness (QED) is 0.763. The van der Waals surface area contributed by atoms with Crippen LogP contribution in [0.1, 0.15) is 35.7 Å². The van der Waals surface area contributed by atoms with E-state index in [4.69, 9.17) is 0 Å². The minimum Gasteiger partial charge on any atom is -0.315 e. The van der Waals surface area contributed by atoms with Crippen LogP contribution in [0.5, 0.6) is 0 Å². The van der Waals surface area contributed by atoms with Crippen LogP contribution in [0.15, 0.2) is 24.3 Å². The van der Waals surface area contributed by atoms with Gasteiger partial charge in [0.25, 0.3) is 0 Å². The minimum absolute atomic E-state index is 0.204. The van der Waals surface area contributed by atoms with E-state index in [1.165, 1.54) is 5.56 Å². The van der Waals surface area contributed by atoms with Crippen LogP contribution >= 0.6 is 0 Å². The molecule has 2 rings (SSSR count). The number of nitrogens with one attached hydrogen (secondary N) is 1. The molecule has 0 unspecified atom stereocenters. The molecule has 0 atom stereocenters. The number of ketones is 1. The van der Waals surface area contributed by atoms with Gasteiger partial charge < -0.3 is 5.32 Å². The van der Waals surface area contributed by atoms with Crippen molar-refractivity contribution < 1.29 is 4.79 Å².